The Morgan fingerprint density at radius 2 is 2.47 bits per heavy atom. The van der Waals surface area contributed by atoms with E-state index in [2.05, 4.69) is 28.5 Å². The number of aliphatic imine (C=N–C) groups is 1. The van der Waals surface area contributed by atoms with Crippen molar-refractivity contribution in [3.8, 4) is 0 Å². The molecular formula is C12H10N2O. The van der Waals surface area contributed by atoms with Crippen LogP contribution in [0.2, 0.25) is 0 Å². The van der Waals surface area contributed by atoms with Crippen LogP contribution in [0.25, 0.3) is 0 Å². The van der Waals surface area contributed by atoms with Gasteiger partial charge in [0.05, 0.1) is 11.9 Å². The molecule has 3 rings (SSSR count). The van der Waals surface area contributed by atoms with Gasteiger partial charge < -0.3 is 9.64 Å². The van der Waals surface area contributed by atoms with Gasteiger partial charge in [0.25, 0.3) is 0 Å². The first-order valence-electron chi connectivity index (χ1n) is 4.89. The molecule has 0 saturated carbocycles. The summed E-state index contributed by atoms with van der Waals surface area (Å²) >= 11 is 0. The maximum Gasteiger partial charge on any atom is 0.129 e. The highest BCUT2D eigenvalue weighted by atomic mass is 16.5. The molecule has 74 valence electrons. The molecule has 3 aliphatic rings. The Kier molecular flexibility index (Phi) is 1.95. The van der Waals surface area contributed by atoms with E-state index in [9.17, 15) is 0 Å². The second kappa shape index (κ2) is 3.42. The maximum atomic E-state index is 5.24. The van der Waals surface area contributed by atoms with E-state index in [1.807, 2.05) is 18.6 Å². The van der Waals surface area contributed by atoms with E-state index in [0.29, 0.717) is 6.61 Å². The number of rotatable bonds is 0. The molecule has 0 aromatic heterocycles. The number of allylic oxidation sites excluding steroid dienone is 4. The van der Waals surface area contributed by atoms with Gasteiger partial charge in [0, 0.05) is 30.1 Å². The van der Waals surface area contributed by atoms with Gasteiger partial charge in [-0.15, -0.1) is 0 Å². The predicted molar refractivity (Wildman–Crippen MR) is 57.5 cm³/mol. The van der Waals surface area contributed by atoms with Crippen LogP contribution in [0.5, 0.6) is 0 Å². The molecular weight excluding hydrogens is 188 g/mol. The first-order chi connectivity index (χ1) is 7.45. The van der Waals surface area contributed by atoms with E-state index >= 15 is 0 Å². The van der Waals surface area contributed by atoms with Gasteiger partial charge in [-0.3, -0.25) is 4.99 Å². The Hall–Kier alpha value is -1.77. The highest BCUT2D eigenvalue weighted by Gasteiger charge is 2.21. The molecule has 0 amide bonds. The Labute approximate surface area is 88.7 Å². The van der Waals surface area contributed by atoms with Crippen molar-refractivity contribution in [2.45, 2.75) is 6.42 Å². The second-order valence-electron chi connectivity index (χ2n) is 3.45. The molecule has 15 heavy (non-hydrogen) atoms. The van der Waals surface area contributed by atoms with Crippen molar-refractivity contribution in [1.82, 2.24) is 4.90 Å². The third-order valence-electron chi connectivity index (χ3n) is 2.48. The zero-order valence-corrected chi connectivity index (χ0v) is 8.18. The third kappa shape index (κ3) is 1.40. The van der Waals surface area contributed by atoms with Gasteiger partial charge in [0.1, 0.15) is 12.9 Å². The number of hydrogen-bond acceptors (Lipinski definition) is 3. The summed E-state index contributed by atoms with van der Waals surface area (Å²) in [6, 6.07) is 0. The average Bonchev–Trinajstić information content (AvgIpc) is 2.48. The lowest BCUT2D eigenvalue weighted by atomic mass is 10.0. The second-order valence-corrected chi connectivity index (χ2v) is 3.45. The average molecular weight is 198 g/mol. The van der Waals surface area contributed by atoms with E-state index in [-0.39, 0.29) is 0 Å². The molecule has 0 aromatic carbocycles. The van der Waals surface area contributed by atoms with Gasteiger partial charge in [-0.1, -0.05) is 12.2 Å². The van der Waals surface area contributed by atoms with Crippen molar-refractivity contribution < 1.29 is 4.74 Å². The molecule has 2 heterocycles. The fourth-order valence-electron chi connectivity index (χ4n) is 1.77. The SMILES string of the molecule is [C]1CC=CC2=C1N1C=COCC1=CN=C2. The Morgan fingerprint density at radius 1 is 1.47 bits per heavy atom. The fraction of sp³-hybridized carbons (Fsp3) is 0.167. The van der Waals surface area contributed by atoms with Crippen LogP contribution in [0.4, 0.5) is 0 Å². The molecule has 0 atom stereocenters. The summed E-state index contributed by atoms with van der Waals surface area (Å²) in [5.41, 5.74) is 3.21. The lowest BCUT2D eigenvalue weighted by molar-refractivity contribution is 0.229. The molecule has 1 aliphatic carbocycles. The first-order valence-corrected chi connectivity index (χ1v) is 4.89. The number of hydrogen-bond donors (Lipinski definition) is 0. The Bertz CT molecular complexity index is 427. The van der Waals surface area contributed by atoms with E-state index in [1.165, 1.54) is 0 Å². The van der Waals surface area contributed by atoms with Crippen LogP contribution >= 0.6 is 0 Å². The van der Waals surface area contributed by atoms with Crippen molar-refractivity contribution >= 4 is 6.21 Å². The zero-order chi connectivity index (χ0) is 10.1. The van der Waals surface area contributed by atoms with Gasteiger partial charge in [-0.05, 0) is 6.42 Å². The predicted octanol–water partition coefficient (Wildman–Crippen LogP) is 2.01. The summed E-state index contributed by atoms with van der Waals surface area (Å²) in [6.45, 7) is 0.565. The van der Waals surface area contributed by atoms with E-state index < -0.39 is 0 Å². The van der Waals surface area contributed by atoms with Crippen molar-refractivity contribution in [2.24, 2.45) is 4.99 Å². The summed E-state index contributed by atoms with van der Waals surface area (Å²) in [5.74, 6) is 0. The van der Waals surface area contributed by atoms with Gasteiger partial charge >= 0.3 is 0 Å². The van der Waals surface area contributed by atoms with Crippen LogP contribution in [0.3, 0.4) is 0 Å². The molecule has 0 saturated heterocycles. The van der Waals surface area contributed by atoms with Crippen molar-refractivity contribution in [2.75, 3.05) is 6.61 Å². The van der Waals surface area contributed by atoms with Crippen LogP contribution in [0.1, 0.15) is 6.42 Å². The van der Waals surface area contributed by atoms with Crippen LogP contribution in [0, 0.1) is 6.42 Å². The number of fused-ring (bicyclic) bond motifs is 2. The topological polar surface area (TPSA) is 24.8 Å². The monoisotopic (exact) mass is 198 g/mol. The molecule has 3 nitrogen and oxygen atoms in total. The fourth-order valence-corrected chi connectivity index (χ4v) is 1.77. The quantitative estimate of drug-likeness (QED) is 0.594. The highest BCUT2D eigenvalue weighted by molar-refractivity contribution is 5.85. The molecule has 0 spiro atoms. The minimum atomic E-state index is 0.565. The summed E-state index contributed by atoms with van der Waals surface area (Å²) in [5, 5.41) is 0. The standard InChI is InChI=1S/C12H10N2O/c1-2-4-12-10(3-1)7-13-8-11-9-15-6-5-14(11)12/h1,3,5-8H,2,9H2. The van der Waals surface area contributed by atoms with Crippen LogP contribution in [-0.4, -0.2) is 17.7 Å². The largest absolute Gasteiger partial charge is 0.493 e. The molecule has 0 N–H and O–H groups in total. The van der Waals surface area contributed by atoms with Crippen LogP contribution < -0.4 is 0 Å². The van der Waals surface area contributed by atoms with Gasteiger partial charge in [-0.2, -0.15) is 0 Å². The van der Waals surface area contributed by atoms with Crippen LogP contribution in [0.15, 0.2) is 52.8 Å². The molecule has 0 fully saturated rings. The van der Waals surface area contributed by atoms with Gasteiger partial charge in [0.2, 0.25) is 0 Å². The van der Waals surface area contributed by atoms with Crippen molar-refractivity contribution in [3.05, 3.63) is 54.2 Å². The molecule has 0 bridgehead atoms. The Morgan fingerprint density at radius 3 is 3.47 bits per heavy atom. The zero-order valence-electron chi connectivity index (χ0n) is 8.18. The van der Waals surface area contributed by atoms with E-state index in [0.717, 1.165) is 23.4 Å². The summed E-state index contributed by atoms with van der Waals surface area (Å²) in [4.78, 5) is 6.33. The highest BCUT2D eigenvalue weighted by Crippen LogP contribution is 2.28. The summed E-state index contributed by atoms with van der Waals surface area (Å²) < 4.78 is 5.24. The van der Waals surface area contributed by atoms with E-state index in [1.54, 1.807) is 6.26 Å². The molecule has 2 radical (unpaired) electrons. The van der Waals surface area contributed by atoms with Crippen molar-refractivity contribution in [3.63, 3.8) is 0 Å². The molecule has 0 aromatic rings. The van der Waals surface area contributed by atoms with Gasteiger partial charge in [0.15, 0.2) is 0 Å². The van der Waals surface area contributed by atoms with Gasteiger partial charge in [-0.25, -0.2) is 0 Å². The first kappa shape index (κ1) is 8.53. The van der Waals surface area contributed by atoms with E-state index in [4.69, 9.17) is 4.74 Å². The maximum absolute atomic E-state index is 5.24. The number of nitrogens with zero attached hydrogens (tertiary/aromatic N) is 2. The van der Waals surface area contributed by atoms with Crippen molar-refractivity contribution in [1.29, 1.82) is 0 Å². The summed E-state index contributed by atoms with van der Waals surface area (Å²) in [7, 11) is 0. The lowest BCUT2D eigenvalue weighted by Crippen LogP contribution is -2.23. The lowest BCUT2D eigenvalue weighted by Gasteiger charge is -2.29. The normalized spacial score (nSPS) is 22.9. The molecule has 0 unspecified atom stereocenters. The summed E-state index contributed by atoms with van der Waals surface area (Å²) in [6.07, 6.45) is 15.7. The number of ether oxygens (including phenoxy) is 1. The smallest absolute Gasteiger partial charge is 0.129 e. The minimum Gasteiger partial charge on any atom is -0.493 e. The minimum absolute atomic E-state index is 0.565. The Balaban J connectivity index is 2.09. The third-order valence-corrected chi connectivity index (χ3v) is 2.48. The molecule has 3 heteroatoms. The van der Waals surface area contributed by atoms with Crippen LogP contribution in [-0.2, 0) is 4.74 Å². The molecule has 2 aliphatic heterocycles.